The molecular formula is C48H31N3. The summed E-state index contributed by atoms with van der Waals surface area (Å²) >= 11 is 0. The van der Waals surface area contributed by atoms with Crippen LogP contribution in [-0.2, 0) is 0 Å². The van der Waals surface area contributed by atoms with E-state index < -0.39 is 0 Å². The van der Waals surface area contributed by atoms with E-state index in [0.717, 1.165) is 22.4 Å². The van der Waals surface area contributed by atoms with Gasteiger partial charge in [0.05, 0.1) is 22.1 Å². The molecule has 11 rings (SSSR count). The molecule has 3 heteroatoms. The summed E-state index contributed by atoms with van der Waals surface area (Å²) in [7, 11) is 0. The van der Waals surface area contributed by atoms with Gasteiger partial charge in [-0.2, -0.15) is 0 Å². The molecule has 3 nitrogen and oxygen atoms in total. The van der Waals surface area contributed by atoms with Crippen LogP contribution in [0.1, 0.15) is 0 Å². The summed E-state index contributed by atoms with van der Waals surface area (Å²) in [6.45, 7) is 0. The Morgan fingerprint density at radius 3 is 1.47 bits per heavy atom. The third kappa shape index (κ3) is 4.25. The molecule has 0 radical (unpaired) electrons. The molecule has 0 saturated carbocycles. The van der Waals surface area contributed by atoms with Crippen molar-refractivity contribution < 1.29 is 0 Å². The number of H-pyrrole nitrogens is 1. The standard InChI is InChI=1S/C48H31N3/c1-2-11-31(12-3-1)32-13-10-14-35(27-32)50-45-19-8-5-16-38(45)41-28-33(21-25-47(41)50)34-22-26-48-42(29-34)39-17-6-9-20-46(39)51(48)36-23-24-44-40(30-36)37-15-4-7-18-43(37)49-44/h1-30,49H. The zero-order chi connectivity index (χ0) is 33.5. The number of fused-ring (bicyclic) bond motifs is 9. The monoisotopic (exact) mass is 649 g/mol. The largest absolute Gasteiger partial charge is 0.355 e. The van der Waals surface area contributed by atoms with Crippen molar-refractivity contribution in [3.63, 3.8) is 0 Å². The van der Waals surface area contributed by atoms with Gasteiger partial charge in [0.1, 0.15) is 0 Å². The first-order valence-corrected chi connectivity index (χ1v) is 17.5. The predicted octanol–water partition coefficient (Wildman–Crippen LogP) is 12.8. The lowest BCUT2D eigenvalue weighted by atomic mass is 10.0. The molecule has 0 aliphatic heterocycles. The van der Waals surface area contributed by atoms with Crippen LogP contribution in [-0.4, -0.2) is 14.1 Å². The molecule has 0 saturated heterocycles. The number of benzene rings is 8. The molecule has 1 N–H and O–H groups in total. The second kappa shape index (κ2) is 10.8. The molecule has 11 aromatic rings. The van der Waals surface area contributed by atoms with Crippen LogP contribution in [0.3, 0.4) is 0 Å². The van der Waals surface area contributed by atoms with Crippen molar-refractivity contribution in [2.75, 3.05) is 0 Å². The fourth-order valence-electron chi connectivity index (χ4n) is 8.29. The van der Waals surface area contributed by atoms with Gasteiger partial charge in [0.15, 0.2) is 0 Å². The van der Waals surface area contributed by atoms with Crippen molar-refractivity contribution in [1.29, 1.82) is 0 Å². The van der Waals surface area contributed by atoms with Gasteiger partial charge in [0.25, 0.3) is 0 Å². The highest BCUT2D eigenvalue weighted by atomic mass is 15.0. The lowest BCUT2D eigenvalue weighted by Crippen LogP contribution is -1.94. The van der Waals surface area contributed by atoms with Crippen LogP contribution in [0.15, 0.2) is 182 Å². The quantitative estimate of drug-likeness (QED) is 0.196. The van der Waals surface area contributed by atoms with Crippen LogP contribution in [0, 0.1) is 0 Å². The molecule has 51 heavy (non-hydrogen) atoms. The van der Waals surface area contributed by atoms with E-state index in [0.29, 0.717) is 0 Å². The van der Waals surface area contributed by atoms with Crippen LogP contribution in [0.2, 0.25) is 0 Å². The van der Waals surface area contributed by atoms with Crippen LogP contribution in [0.5, 0.6) is 0 Å². The van der Waals surface area contributed by atoms with Crippen molar-refractivity contribution in [3.8, 4) is 33.6 Å². The Hall–Kier alpha value is -6.84. The van der Waals surface area contributed by atoms with Crippen molar-refractivity contribution in [1.82, 2.24) is 14.1 Å². The first kappa shape index (κ1) is 28.0. The van der Waals surface area contributed by atoms with E-state index in [9.17, 15) is 0 Å². The summed E-state index contributed by atoms with van der Waals surface area (Å²) < 4.78 is 4.82. The van der Waals surface area contributed by atoms with Gasteiger partial charge >= 0.3 is 0 Å². The van der Waals surface area contributed by atoms with Crippen LogP contribution >= 0.6 is 0 Å². The Morgan fingerprint density at radius 1 is 0.275 bits per heavy atom. The van der Waals surface area contributed by atoms with E-state index in [2.05, 4.69) is 196 Å². The molecular weight excluding hydrogens is 619 g/mol. The fraction of sp³-hybridized carbons (Fsp3) is 0. The minimum atomic E-state index is 1.16. The molecule has 0 bridgehead atoms. The van der Waals surface area contributed by atoms with E-state index in [1.54, 1.807) is 0 Å². The van der Waals surface area contributed by atoms with Gasteiger partial charge in [-0.25, -0.2) is 0 Å². The van der Waals surface area contributed by atoms with Gasteiger partial charge in [0, 0.05) is 54.7 Å². The minimum Gasteiger partial charge on any atom is -0.355 e. The molecule has 8 aromatic carbocycles. The second-order valence-corrected chi connectivity index (χ2v) is 13.5. The summed E-state index contributed by atoms with van der Waals surface area (Å²) in [6, 6.07) is 66.3. The Balaban J connectivity index is 1.07. The van der Waals surface area contributed by atoms with Crippen molar-refractivity contribution >= 4 is 65.4 Å². The highest BCUT2D eigenvalue weighted by molar-refractivity contribution is 6.13. The number of para-hydroxylation sites is 3. The molecule has 0 atom stereocenters. The summed E-state index contributed by atoms with van der Waals surface area (Å²) in [5, 5.41) is 7.50. The average molecular weight is 650 g/mol. The van der Waals surface area contributed by atoms with Gasteiger partial charge < -0.3 is 14.1 Å². The maximum atomic E-state index is 3.58. The third-order valence-electron chi connectivity index (χ3n) is 10.6. The number of hydrogen-bond donors (Lipinski definition) is 1. The van der Waals surface area contributed by atoms with Gasteiger partial charge in [-0.05, 0) is 95.1 Å². The highest BCUT2D eigenvalue weighted by Crippen LogP contribution is 2.39. The maximum Gasteiger partial charge on any atom is 0.0541 e. The molecule has 0 spiro atoms. The molecule has 3 aromatic heterocycles. The highest BCUT2D eigenvalue weighted by Gasteiger charge is 2.17. The number of nitrogens with zero attached hydrogens (tertiary/aromatic N) is 2. The number of nitrogens with one attached hydrogen (secondary N) is 1. The van der Waals surface area contributed by atoms with Gasteiger partial charge in [0.2, 0.25) is 0 Å². The van der Waals surface area contributed by atoms with E-state index in [-0.39, 0.29) is 0 Å². The number of hydrogen-bond acceptors (Lipinski definition) is 0. The second-order valence-electron chi connectivity index (χ2n) is 13.5. The topological polar surface area (TPSA) is 25.6 Å². The normalized spacial score (nSPS) is 11.9. The summed E-state index contributed by atoms with van der Waals surface area (Å²) in [4.78, 5) is 3.58. The average Bonchev–Trinajstić information content (AvgIpc) is 3.85. The maximum absolute atomic E-state index is 3.58. The zero-order valence-electron chi connectivity index (χ0n) is 27.7. The summed E-state index contributed by atoms with van der Waals surface area (Å²) in [6.07, 6.45) is 0. The van der Waals surface area contributed by atoms with Crippen molar-refractivity contribution in [2.24, 2.45) is 0 Å². The molecule has 238 valence electrons. The molecule has 0 aliphatic carbocycles. The van der Waals surface area contributed by atoms with Gasteiger partial charge in [-0.1, -0.05) is 109 Å². The van der Waals surface area contributed by atoms with Crippen molar-refractivity contribution in [3.05, 3.63) is 182 Å². The van der Waals surface area contributed by atoms with Crippen LogP contribution < -0.4 is 0 Å². The number of aromatic amines is 1. The minimum absolute atomic E-state index is 1.16. The lowest BCUT2D eigenvalue weighted by Gasteiger charge is -2.11. The first-order valence-electron chi connectivity index (χ1n) is 17.5. The lowest BCUT2D eigenvalue weighted by molar-refractivity contribution is 1.18. The molecule has 0 unspecified atom stereocenters. The molecule has 0 fully saturated rings. The molecule has 0 amide bonds. The Bertz CT molecular complexity index is 3140. The van der Waals surface area contributed by atoms with E-state index in [1.165, 1.54) is 76.6 Å². The van der Waals surface area contributed by atoms with E-state index in [1.807, 2.05) is 0 Å². The van der Waals surface area contributed by atoms with E-state index in [4.69, 9.17) is 0 Å². The van der Waals surface area contributed by atoms with E-state index >= 15 is 0 Å². The number of rotatable bonds is 4. The van der Waals surface area contributed by atoms with Gasteiger partial charge in [-0.15, -0.1) is 0 Å². The zero-order valence-corrected chi connectivity index (χ0v) is 27.7. The first-order chi connectivity index (χ1) is 25.3. The Labute approximate surface area is 294 Å². The van der Waals surface area contributed by atoms with Crippen LogP contribution in [0.25, 0.3) is 99.0 Å². The predicted molar refractivity (Wildman–Crippen MR) is 215 cm³/mol. The molecule has 0 aliphatic rings. The third-order valence-corrected chi connectivity index (χ3v) is 10.6. The Morgan fingerprint density at radius 2 is 0.784 bits per heavy atom. The molecule has 3 heterocycles. The smallest absolute Gasteiger partial charge is 0.0541 e. The van der Waals surface area contributed by atoms with Crippen molar-refractivity contribution in [2.45, 2.75) is 0 Å². The number of aromatic nitrogens is 3. The SMILES string of the molecule is c1ccc(-c2cccc(-n3c4ccccc4c4cc(-c5ccc6c(c5)c5ccccc5n6-c5ccc6[nH]c7ccccc7c6c5)ccc43)c2)cc1. The fourth-order valence-corrected chi connectivity index (χ4v) is 8.29. The summed E-state index contributed by atoms with van der Waals surface area (Å²) in [5.41, 5.74) is 14.3. The Kier molecular flexibility index (Phi) is 5.96. The summed E-state index contributed by atoms with van der Waals surface area (Å²) in [5.74, 6) is 0. The van der Waals surface area contributed by atoms with Gasteiger partial charge in [-0.3, -0.25) is 0 Å². The van der Waals surface area contributed by atoms with Crippen LogP contribution in [0.4, 0.5) is 0 Å².